The van der Waals surface area contributed by atoms with E-state index in [9.17, 15) is 4.79 Å². The van der Waals surface area contributed by atoms with Crippen molar-refractivity contribution < 1.29 is 9.53 Å². The average Bonchev–Trinajstić information content (AvgIpc) is 2.53. The van der Waals surface area contributed by atoms with Gasteiger partial charge in [-0.1, -0.05) is 31.2 Å². The van der Waals surface area contributed by atoms with Crippen molar-refractivity contribution in [1.29, 1.82) is 0 Å². The highest BCUT2D eigenvalue weighted by atomic mass is 16.5. The molecule has 3 nitrogen and oxygen atoms in total. The second-order valence-electron chi connectivity index (χ2n) is 6.32. The van der Waals surface area contributed by atoms with Crippen molar-refractivity contribution >= 4 is 5.78 Å². The van der Waals surface area contributed by atoms with Gasteiger partial charge in [0.05, 0.1) is 11.6 Å². The van der Waals surface area contributed by atoms with Crippen LogP contribution < -0.4 is 0 Å². The van der Waals surface area contributed by atoms with Gasteiger partial charge in [0.15, 0.2) is 5.78 Å². The zero-order valence-corrected chi connectivity index (χ0v) is 13.7. The normalized spacial score (nSPS) is 24.8. The molecule has 1 aromatic carbocycles. The maximum atomic E-state index is 12.7. The van der Waals surface area contributed by atoms with E-state index in [1.54, 1.807) is 7.11 Å². The molecule has 3 heteroatoms. The summed E-state index contributed by atoms with van der Waals surface area (Å²) in [6, 6.07) is 7.92. The fraction of sp³-hybridized carbons (Fsp3) is 0.611. The van der Waals surface area contributed by atoms with Gasteiger partial charge >= 0.3 is 0 Å². The Morgan fingerprint density at radius 1 is 1.38 bits per heavy atom. The first-order chi connectivity index (χ1) is 9.99. The number of rotatable bonds is 5. The Morgan fingerprint density at radius 3 is 2.62 bits per heavy atom. The maximum Gasteiger partial charge on any atom is 0.179 e. The van der Waals surface area contributed by atoms with Crippen LogP contribution in [0, 0.1) is 0 Å². The predicted molar refractivity (Wildman–Crippen MR) is 85.8 cm³/mol. The van der Waals surface area contributed by atoms with Gasteiger partial charge < -0.3 is 4.74 Å². The standard InChI is InChI=1S/C18H27NO2/c1-5-15-7-9-16(10-8-15)17(20)14(2)19-12-6-11-18(3,13-19)21-4/h7-10,14H,5-6,11-13H2,1-4H3. The molecule has 0 aliphatic carbocycles. The average molecular weight is 289 g/mol. The number of carbonyl (C=O) groups is 1. The number of ketones is 1. The number of methoxy groups -OCH3 is 1. The number of aryl methyl sites for hydroxylation is 1. The first-order valence-corrected chi connectivity index (χ1v) is 7.91. The first-order valence-electron chi connectivity index (χ1n) is 7.91. The van der Waals surface area contributed by atoms with Crippen LogP contribution in [0.3, 0.4) is 0 Å². The minimum Gasteiger partial charge on any atom is -0.377 e. The van der Waals surface area contributed by atoms with Crippen LogP contribution in [0.4, 0.5) is 0 Å². The third-order valence-corrected chi connectivity index (χ3v) is 4.76. The van der Waals surface area contributed by atoms with Crippen LogP contribution >= 0.6 is 0 Å². The number of nitrogens with zero attached hydrogens (tertiary/aromatic N) is 1. The Kier molecular flexibility index (Phi) is 5.17. The topological polar surface area (TPSA) is 29.5 Å². The number of piperidine rings is 1. The van der Waals surface area contributed by atoms with Gasteiger partial charge in [-0.15, -0.1) is 0 Å². The van der Waals surface area contributed by atoms with E-state index < -0.39 is 0 Å². The van der Waals surface area contributed by atoms with Crippen LogP contribution in [0.25, 0.3) is 0 Å². The Balaban J connectivity index is 2.07. The molecule has 0 saturated carbocycles. The third-order valence-electron chi connectivity index (χ3n) is 4.76. The summed E-state index contributed by atoms with van der Waals surface area (Å²) in [6.45, 7) is 8.06. The highest BCUT2D eigenvalue weighted by molar-refractivity contribution is 5.99. The van der Waals surface area contributed by atoms with Gasteiger partial charge in [0.1, 0.15) is 0 Å². The van der Waals surface area contributed by atoms with Crippen LogP contribution in [0.5, 0.6) is 0 Å². The van der Waals surface area contributed by atoms with E-state index in [0.717, 1.165) is 37.9 Å². The summed E-state index contributed by atoms with van der Waals surface area (Å²) in [4.78, 5) is 14.9. The minimum atomic E-state index is -0.126. The molecule has 116 valence electrons. The first kappa shape index (κ1) is 16.2. The van der Waals surface area contributed by atoms with Crippen molar-refractivity contribution in [2.45, 2.75) is 51.7 Å². The molecule has 1 fully saturated rings. The zero-order chi connectivity index (χ0) is 15.5. The molecular formula is C18H27NO2. The molecule has 1 saturated heterocycles. The monoisotopic (exact) mass is 289 g/mol. The van der Waals surface area contributed by atoms with Gasteiger partial charge in [-0.25, -0.2) is 0 Å². The van der Waals surface area contributed by atoms with E-state index in [1.807, 2.05) is 19.1 Å². The summed E-state index contributed by atoms with van der Waals surface area (Å²) in [5, 5.41) is 0. The van der Waals surface area contributed by atoms with Crippen LogP contribution in [0.1, 0.15) is 49.5 Å². The maximum absolute atomic E-state index is 12.7. The third kappa shape index (κ3) is 3.72. The molecule has 0 bridgehead atoms. The van der Waals surface area contributed by atoms with Gasteiger partial charge in [0.2, 0.25) is 0 Å². The van der Waals surface area contributed by atoms with E-state index >= 15 is 0 Å². The summed E-state index contributed by atoms with van der Waals surface area (Å²) >= 11 is 0. The van der Waals surface area contributed by atoms with Gasteiger partial charge in [-0.2, -0.15) is 0 Å². The lowest BCUT2D eigenvalue weighted by Gasteiger charge is -2.41. The smallest absolute Gasteiger partial charge is 0.179 e. The molecule has 1 aromatic rings. The molecule has 1 aliphatic heterocycles. The number of likely N-dealkylation sites (tertiary alicyclic amines) is 1. The van der Waals surface area contributed by atoms with Gasteiger partial charge in [0.25, 0.3) is 0 Å². The van der Waals surface area contributed by atoms with Crippen molar-refractivity contribution in [3.05, 3.63) is 35.4 Å². The summed E-state index contributed by atoms with van der Waals surface area (Å²) < 4.78 is 5.62. The SMILES string of the molecule is CCc1ccc(C(=O)C(C)N2CCCC(C)(OC)C2)cc1. The lowest BCUT2D eigenvalue weighted by Crippen LogP contribution is -2.52. The second kappa shape index (κ2) is 6.71. The van der Waals surface area contributed by atoms with Crippen LogP contribution in [-0.4, -0.2) is 42.5 Å². The molecule has 0 amide bonds. The van der Waals surface area contributed by atoms with Crippen LogP contribution in [0.2, 0.25) is 0 Å². The summed E-state index contributed by atoms with van der Waals surface area (Å²) in [6.07, 6.45) is 3.14. The quantitative estimate of drug-likeness (QED) is 0.779. The highest BCUT2D eigenvalue weighted by Crippen LogP contribution is 2.26. The fourth-order valence-electron chi connectivity index (χ4n) is 3.05. The van der Waals surface area contributed by atoms with E-state index in [0.29, 0.717) is 0 Å². The van der Waals surface area contributed by atoms with Gasteiger partial charge in [-0.05, 0) is 45.2 Å². The summed E-state index contributed by atoms with van der Waals surface area (Å²) in [7, 11) is 1.76. The molecule has 21 heavy (non-hydrogen) atoms. The molecule has 0 N–H and O–H groups in total. The number of hydrogen-bond acceptors (Lipinski definition) is 3. The Bertz CT molecular complexity index is 482. The van der Waals surface area contributed by atoms with Crippen molar-refractivity contribution in [1.82, 2.24) is 4.90 Å². The number of ether oxygens (including phenoxy) is 1. The second-order valence-corrected chi connectivity index (χ2v) is 6.32. The predicted octanol–water partition coefficient (Wildman–Crippen LogP) is 3.32. The van der Waals surface area contributed by atoms with Crippen molar-refractivity contribution in [3.63, 3.8) is 0 Å². The van der Waals surface area contributed by atoms with E-state index in [1.165, 1.54) is 5.56 Å². The molecule has 0 radical (unpaired) electrons. The number of hydrogen-bond donors (Lipinski definition) is 0. The molecule has 0 aromatic heterocycles. The van der Waals surface area contributed by atoms with Crippen molar-refractivity contribution in [2.75, 3.05) is 20.2 Å². The molecular weight excluding hydrogens is 262 g/mol. The molecule has 1 aliphatic rings. The zero-order valence-electron chi connectivity index (χ0n) is 13.7. The lowest BCUT2D eigenvalue weighted by atomic mass is 9.92. The Hall–Kier alpha value is -1.19. The van der Waals surface area contributed by atoms with E-state index in [-0.39, 0.29) is 17.4 Å². The van der Waals surface area contributed by atoms with Crippen LogP contribution in [-0.2, 0) is 11.2 Å². The fourth-order valence-corrected chi connectivity index (χ4v) is 3.05. The lowest BCUT2D eigenvalue weighted by molar-refractivity contribution is -0.0563. The molecule has 2 unspecified atom stereocenters. The molecule has 1 heterocycles. The molecule has 0 spiro atoms. The van der Waals surface area contributed by atoms with E-state index in [4.69, 9.17) is 4.74 Å². The Morgan fingerprint density at radius 2 is 2.05 bits per heavy atom. The number of carbonyl (C=O) groups excluding carboxylic acids is 1. The Labute approximate surface area is 128 Å². The van der Waals surface area contributed by atoms with Crippen LogP contribution in [0.15, 0.2) is 24.3 Å². The van der Waals surface area contributed by atoms with Crippen molar-refractivity contribution in [3.8, 4) is 0 Å². The molecule has 2 rings (SSSR count). The molecule has 2 atom stereocenters. The largest absolute Gasteiger partial charge is 0.377 e. The van der Waals surface area contributed by atoms with Gasteiger partial charge in [-0.3, -0.25) is 9.69 Å². The van der Waals surface area contributed by atoms with Crippen molar-refractivity contribution in [2.24, 2.45) is 0 Å². The highest BCUT2D eigenvalue weighted by Gasteiger charge is 2.34. The van der Waals surface area contributed by atoms with Gasteiger partial charge in [0, 0.05) is 19.2 Å². The number of Topliss-reactive ketones (excluding diaryl/α,β-unsaturated/α-hetero) is 1. The summed E-state index contributed by atoms with van der Waals surface area (Å²) in [5.74, 6) is 0.206. The summed E-state index contributed by atoms with van der Waals surface area (Å²) in [5.41, 5.74) is 1.95. The van der Waals surface area contributed by atoms with E-state index in [2.05, 4.69) is 30.9 Å². The minimum absolute atomic E-state index is 0.0905. The number of benzene rings is 1.